The molecule has 1 saturated heterocycles. The van der Waals surface area contributed by atoms with E-state index < -0.39 is 5.63 Å². The lowest BCUT2D eigenvalue weighted by atomic mass is 10.2. The summed E-state index contributed by atoms with van der Waals surface area (Å²) < 4.78 is 16.0. The number of amides is 1. The van der Waals surface area contributed by atoms with Crippen molar-refractivity contribution in [3.8, 4) is 11.5 Å². The molecule has 1 atom stereocenters. The lowest BCUT2D eigenvalue weighted by Gasteiger charge is -2.18. The molecule has 0 spiro atoms. The first-order valence-corrected chi connectivity index (χ1v) is 7.77. The molecule has 2 aromatic rings. The van der Waals surface area contributed by atoms with Crippen molar-refractivity contribution in [2.75, 3.05) is 20.2 Å². The number of benzene rings is 1. The van der Waals surface area contributed by atoms with Crippen LogP contribution in [0.3, 0.4) is 0 Å². The van der Waals surface area contributed by atoms with Gasteiger partial charge < -0.3 is 18.8 Å². The molecule has 1 aromatic heterocycles. The van der Waals surface area contributed by atoms with Crippen LogP contribution in [-0.4, -0.2) is 37.1 Å². The lowest BCUT2D eigenvalue weighted by Crippen LogP contribution is -2.31. The maximum Gasteiger partial charge on any atom is 0.339 e. The number of carbonyl (C=O) groups is 1. The number of carbonyl (C=O) groups excluding carboxylic acids is 1. The van der Waals surface area contributed by atoms with Gasteiger partial charge in [0.2, 0.25) is 0 Å². The second kappa shape index (κ2) is 6.78. The number of hydrogen-bond donors (Lipinski definition) is 0. The van der Waals surface area contributed by atoms with Crippen LogP contribution < -0.4 is 15.1 Å². The van der Waals surface area contributed by atoms with Gasteiger partial charge in [-0.2, -0.15) is 0 Å². The average molecular weight is 329 g/mol. The van der Waals surface area contributed by atoms with Crippen molar-refractivity contribution >= 4 is 5.91 Å². The number of methoxy groups -OCH3 is 1. The van der Waals surface area contributed by atoms with Gasteiger partial charge in [0.1, 0.15) is 23.4 Å². The van der Waals surface area contributed by atoms with E-state index in [1.54, 1.807) is 37.1 Å². The molecule has 24 heavy (non-hydrogen) atoms. The fourth-order valence-electron chi connectivity index (χ4n) is 2.84. The number of nitrogens with zero attached hydrogens (tertiary/aromatic N) is 1. The Balaban J connectivity index is 1.68. The summed E-state index contributed by atoms with van der Waals surface area (Å²) in [5, 5.41) is 0. The molecule has 126 valence electrons. The van der Waals surface area contributed by atoms with Gasteiger partial charge in [-0.15, -0.1) is 0 Å². The quantitative estimate of drug-likeness (QED) is 0.860. The van der Waals surface area contributed by atoms with Crippen LogP contribution in [0.4, 0.5) is 0 Å². The predicted molar refractivity (Wildman–Crippen MR) is 87.6 cm³/mol. The third kappa shape index (κ3) is 3.42. The Morgan fingerprint density at radius 1 is 1.29 bits per heavy atom. The third-order valence-electron chi connectivity index (χ3n) is 3.94. The molecule has 1 aliphatic heterocycles. The number of aryl methyl sites for hydroxylation is 1. The molecule has 3 rings (SSSR count). The number of rotatable bonds is 4. The topological polar surface area (TPSA) is 69.0 Å². The fraction of sp³-hybridized carbons (Fsp3) is 0.333. The zero-order valence-corrected chi connectivity index (χ0v) is 13.7. The molecule has 1 aliphatic rings. The van der Waals surface area contributed by atoms with E-state index >= 15 is 0 Å². The molecule has 6 heteroatoms. The van der Waals surface area contributed by atoms with E-state index in [4.69, 9.17) is 13.9 Å². The predicted octanol–water partition coefficient (Wildman–Crippen LogP) is 2.25. The summed E-state index contributed by atoms with van der Waals surface area (Å²) in [5.41, 5.74) is 0.0989. The van der Waals surface area contributed by atoms with Gasteiger partial charge in [0, 0.05) is 19.0 Å². The Bertz CT molecular complexity index is 798. The van der Waals surface area contributed by atoms with Crippen LogP contribution in [0.25, 0.3) is 0 Å². The van der Waals surface area contributed by atoms with Crippen LogP contribution in [0.2, 0.25) is 0 Å². The SMILES string of the molecule is COc1ccccc1C(=O)N1CCC(Oc2cc(C)oc(=O)c2)C1. The second-order valence-electron chi connectivity index (χ2n) is 5.70. The van der Waals surface area contributed by atoms with Gasteiger partial charge in [0.15, 0.2) is 0 Å². The van der Waals surface area contributed by atoms with Gasteiger partial charge >= 0.3 is 5.63 Å². The Morgan fingerprint density at radius 2 is 2.08 bits per heavy atom. The van der Waals surface area contributed by atoms with Crippen molar-refractivity contribution in [3.63, 3.8) is 0 Å². The summed E-state index contributed by atoms with van der Waals surface area (Å²) in [6.07, 6.45) is 0.560. The Kier molecular flexibility index (Phi) is 4.55. The molecule has 1 unspecified atom stereocenters. The summed E-state index contributed by atoms with van der Waals surface area (Å²) in [7, 11) is 1.55. The van der Waals surface area contributed by atoms with E-state index in [1.807, 2.05) is 12.1 Å². The lowest BCUT2D eigenvalue weighted by molar-refractivity contribution is 0.0768. The van der Waals surface area contributed by atoms with E-state index in [0.29, 0.717) is 42.3 Å². The molecule has 0 radical (unpaired) electrons. The summed E-state index contributed by atoms with van der Waals surface area (Å²) in [6.45, 7) is 2.76. The van der Waals surface area contributed by atoms with Crippen LogP contribution in [0.15, 0.2) is 45.6 Å². The van der Waals surface area contributed by atoms with E-state index in [2.05, 4.69) is 0 Å². The van der Waals surface area contributed by atoms with Crippen LogP contribution >= 0.6 is 0 Å². The van der Waals surface area contributed by atoms with Gasteiger partial charge in [0.05, 0.1) is 25.3 Å². The summed E-state index contributed by atoms with van der Waals surface area (Å²) >= 11 is 0. The zero-order valence-electron chi connectivity index (χ0n) is 13.7. The summed E-state index contributed by atoms with van der Waals surface area (Å²) in [6, 6.07) is 10.1. The third-order valence-corrected chi connectivity index (χ3v) is 3.94. The molecular formula is C18H19NO5. The highest BCUT2D eigenvalue weighted by molar-refractivity contribution is 5.97. The normalized spacial score (nSPS) is 16.9. The smallest absolute Gasteiger partial charge is 0.339 e. The molecule has 6 nitrogen and oxygen atoms in total. The maximum absolute atomic E-state index is 12.7. The first kappa shape index (κ1) is 16.1. The Hall–Kier alpha value is -2.76. The van der Waals surface area contributed by atoms with Gasteiger partial charge in [0.25, 0.3) is 5.91 Å². The zero-order chi connectivity index (χ0) is 17.1. The van der Waals surface area contributed by atoms with Crippen LogP contribution in [-0.2, 0) is 0 Å². The highest BCUT2D eigenvalue weighted by Crippen LogP contribution is 2.23. The summed E-state index contributed by atoms with van der Waals surface area (Å²) in [5.74, 6) is 1.45. The highest BCUT2D eigenvalue weighted by atomic mass is 16.5. The molecule has 0 saturated carbocycles. The van der Waals surface area contributed by atoms with Crippen molar-refractivity contribution in [2.24, 2.45) is 0 Å². The standard InChI is InChI=1S/C18H19NO5/c1-12-9-14(10-17(20)23-12)24-13-7-8-19(11-13)18(21)15-5-3-4-6-16(15)22-2/h3-6,9-10,13H,7-8,11H2,1-2H3. The van der Waals surface area contributed by atoms with E-state index in [0.717, 1.165) is 0 Å². The van der Waals surface area contributed by atoms with Crippen molar-refractivity contribution in [2.45, 2.75) is 19.4 Å². The Morgan fingerprint density at radius 3 is 2.83 bits per heavy atom. The highest BCUT2D eigenvalue weighted by Gasteiger charge is 2.29. The van der Waals surface area contributed by atoms with E-state index in [1.165, 1.54) is 6.07 Å². The average Bonchev–Trinajstić information content (AvgIpc) is 3.01. The van der Waals surface area contributed by atoms with Gasteiger partial charge in [-0.3, -0.25) is 4.79 Å². The van der Waals surface area contributed by atoms with Crippen LogP contribution in [0.5, 0.6) is 11.5 Å². The summed E-state index contributed by atoms with van der Waals surface area (Å²) in [4.78, 5) is 25.8. The minimum Gasteiger partial charge on any atom is -0.496 e. The van der Waals surface area contributed by atoms with Crippen molar-refractivity contribution in [1.29, 1.82) is 0 Å². The van der Waals surface area contributed by atoms with E-state index in [-0.39, 0.29) is 12.0 Å². The number of para-hydroxylation sites is 1. The molecule has 1 aromatic carbocycles. The first-order valence-electron chi connectivity index (χ1n) is 7.77. The largest absolute Gasteiger partial charge is 0.496 e. The number of ether oxygens (including phenoxy) is 2. The molecule has 2 heterocycles. The monoisotopic (exact) mass is 329 g/mol. The fourth-order valence-corrected chi connectivity index (χ4v) is 2.84. The first-order chi connectivity index (χ1) is 11.6. The van der Waals surface area contributed by atoms with Crippen molar-refractivity contribution < 1.29 is 18.7 Å². The number of likely N-dealkylation sites (tertiary alicyclic amines) is 1. The molecular weight excluding hydrogens is 310 g/mol. The van der Waals surface area contributed by atoms with Gasteiger partial charge in [-0.25, -0.2) is 4.79 Å². The molecule has 1 amide bonds. The van der Waals surface area contributed by atoms with Gasteiger partial charge in [-0.05, 0) is 19.1 Å². The second-order valence-corrected chi connectivity index (χ2v) is 5.70. The number of hydrogen-bond acceptors (Lipinski definition) is 5. The molecule has 0 aliphatic carbocycles. The van der Waals surface area contributed by atoms with E-state index in [9.17, 15) is 9.59 Å². The molecule has 0 bridgehead atoms. The van der Waals surface area contributed by atoms with Crippen molar-refractivity contribution in [3.05, 3.63) is 58.1 Å². The van der Waals surface area contributed by atoms with Crippen molar-refractivity contribution in [1.82, 2.24) is 4.90 Å². The molecule has 0 N–H and O–H groups in total. The maximum atomic E-state index is 12.7. The Labute approximate surface area is 139 Å². The van der Waals surface area contributed by atoms with Gasteiger partial charge in [-0.1, -0.05) is 12.1 Å². The molecule has 1 fully saturated rings. The van der Waals surface area contributed by atoms with Crippen LogP contribution in [0.1, 0.15) is 22.5 Å². The minimum absolute atomic E-state index is 0.0812. The van der Waals surface area contributed by atoms with Crippen LogP contribution in [0, 0.1) is 6.92 Å². The minimum atomic E-state index is -0.440.